The molecule has 3 atom stereocenters. The van der Waals surface area contributed by atoms with Gasteiger partial charge in [-0.25, -0.2) is 9.79 Å². The van der Waals surface area contributed by atoms with E-state index in [1.165, 1.54) is 24.7 Å². The number of halogens is 3. The number of ether oxygens (including phenoxy) is 1. The smallest absolute Gasteiger partial charge is 0.394 e. The fourth-order valence-corrected chi connectivity index (χ4v) is 2.56. The van der Waals surface area contributed by atoms with Gasteiger partial charge in [-0.05, 0) is 0 Å². The molecule has 166 valence electrons. The van der Waals surface area contributed by atoms with Crippen molar-refractivity contribution in [2.45, 2.75) is 31.0 Å². The summed E-state index contributed by atoms with van der Waals surface area (Å²) >= 11 is 0. The first-order valence-corrected chi connectivity index (χ1v) is 8.82. The Balaban J connectivity index is 2.29. The maximum absolute atomic E-state index is 12.4. The summed E-state index contributed by atoms with van der Waals surface area (Å²) in [6.07, 6.45) is -2.38. The highest BCUT2D eigenvalue weighted by Crippen LogP contribution is 2.28. The number of rotatable bonds is 7. The van der Waals surface area contributed by atoms with E-state index >= 15 is 0 Å². The van der Waals surface area contributed by atoms with Gasteiger partial charge in [0.05, 0.1) is 19.0 Å². The second kappa shape index (κ2) is 9.82. The number of hydrogen-bond donors (Lipinski definition) is 3. The van der Waals surface area contributed by atoms with Gasteiger partial charge >= 0.3 is 17.8 Å². The maximum Gasteiger partial charge on any atom is 0.471 e. The Labute approximate surface area is 169 Å². The molecular formula is C17H22F3N5O5. The number of nitrogens with one attached hydrogen (secondary N) is 1. The zero-order valence-electron chi connectivity index (χ0n) is 16.2. The van der Waals surface area contributed by atoms with E-state index in [2.05, 4.69) is 9.98 Å². The summed E-state index contributed by atoms with van der Waals surface area (Å²) in [4.78, 5) is 32.8. The molecule has 30 heavy (non-hydrogen) atoms. The third-order valence-electron chi connectivity index (χ3n) is 4.00. The van der Waals surface area contributed by atoms with Crippen LogP contribution in [0.5, 0.6) is 0 Å². The molecule has 13 heteroatoms. The highest BCUT2D eigenvalue weighted by molar-refractivity contribution is 5.81. The topological polar surface area (TPSA) is 129 Å². The third kappa shape index (κ3) is 6.11. The molecule has 1 fully saturated rings. The number of aliphatic hydroxyl groups is 2. The van der Waals surface area contributed by atoms with Crippen molar-refractivity contribution < 1.29 is 32.9 Å². The van der Waals surface area contributed by atoms with Crippen molar-refractivity contribution in [3.8, 4) is 0 Å². The molecule has 1 aliphatic rings. The van der Waals surface area contributed by atoms with Gasteiger partial charge in [0, 0.05) is 38.8 Å². The van der Waals surface area contributed by atoms with Crippen LogP contribution in [0.1, 0.15) is 18.2 Å². The normalized spacial score (nSPS) is 22.2. The van der Waals surface area contributed by atoms with Crippen molar-refractivity contribution in [3.05, 3.63) is 28.3 Å². The molecule has 1 amide bonds. The number of carbonyl (C=O) groups is 1. The molecule has 1 aromatic rings. The summed E-state index contributed by atoms with van der Waals surface area (Å²) in [6.45, 7) is -0.851. The fourth-order valence-electron chi connectivity index (χ4n) is 2.56. The molecule has 10 nitrogen and oxygen atoms in total. The minimum absolute atomic E-state index is 0.000557. The lowest BCUT2D eigenvalue weighted by Crippen LogP contribution is -2.36. The quantitative estimate of drug-likeness (QED) is 0.401. The van der Waals surface area contributed by atoms with E-state index in [9.17, 15) is 33.0 Å². The average molecular weight is 433 g/mol. The van der Waals surface area contributed by atoms with Crippen LogP contribution in [0.4, 0.5) is 19.0 Å². The van der Waals surface area contributed by atoms with E-state index in [1.54, 1.807) is 24.3 Å². The Bertz CT molecular complexity index is 868. The van der Waals surface area contributed by atoms with Crippen LogP contribution in [-0.4, -0.2) is 82.5 Å². The molecule has 0 spiro atoms. The number of nitrogens with zero attached hydrogens (tertiary/aromatic N) is 4. The molecule has 1 aromatic heterocycles. The predicted octanol–water partition coefficient (Wildman–Crippen LogP) is -0.203. The van der Waals surface area contributed by atoms with Crippen LogP contribution in [0.25, 0.3) is 6.08 Å². The molecular weight excluding hydrogens is 411 g/mol. The molecule has 3 N–H and O–H groups in total. The van der Waals surface area contributed by atoms with Crippen LogP contribution in [0.2, 0.25) is 0 Å². The van der Waals surface area contributed by atoms with Gasteiger partial charge in [-0.15, -0.1) is 0 Å². The molecule has 2 heterocycles. The minimum atomic E-state index is -4.99. The first-order valence-electron chi connectivity index (χ1n) is 8.82. The van der Waals surface area contributed by atoms with Crippen LogP contribution >= 0.6 is 0 Å². The van der Waals surface area contributed by atoms with Crippen molar-refractivity contribution in [3.63, 3.8) is 0 Å². The van der Waals surface area contributed by atoms with Crippen LogP contribution in [0.3, 0.4) is 0 Å². The molecule has 1 aliphatic heterocycles. The van der Waals surface area contributed by atoms with Crippen LogP contribution in [0.15, 0.2) is 22.1 Å². The van der Waals surface area contributed by atoms with E-state index in [4.69, 9.17) is 4.74 Å². The number of aromatic nitrogens is 2. The summed E-state index contributed by atoms with van der Waals surface area (Å²) in [5, 5.41) is 20.8. The van der Waals surface area contributed by atoms with Crippen LogP contribution < -0.4 is 11.0 Å². The Morgan fingerprint density at radius 3 is 2.77 bits per heavy atom. The van der Waals surface area contributed by atoms with Gasteiger partial charge in [-0.1, -0.05) is 12.2 Å². The van der Waals surface area contributed by atoms with Gasteiger partial charge in [0.15, 0.2) is 5.82 Å². The molecule has 0 bridgehead atoms. The summed E-state index contributed by atoms with van der Waals surface area (Å²) in [6, 6.07) is 0. The van der Waals surface area contributed by atoms with E-state index in [0.29, 0.717) is 0 Å². The number of carbonyl (C=O) groups excluding carboxylic acids is 1. The molecule has 0 aromatic carbocycles. The second-order valence-electron chi connectivity index (χ2n) is 6.64. The highest BCUT2D eigenvalue weighted by atomic mass is 19.4. The average Bonchev–Trinajstić information content (AvgIpc) is 3.03. The zero-order chi connectivity index (χ0) is 22.5. The molecule has 1 saturated heterocycles. The first-order chi connectivity index (χ1) is 14.0. The molecule has 2 rings (SSSR count). The number of amides is 1. The van der Waals surface area contributed by atoms with Crippen molar-refractivity contribution in [1.29, 1.82) is 0 Å². The minimum Gasteiger partial charge on any atom is -0.394 e. The van der Waals surface area contributed by atoms with Gasteiger partial charge in [-0.3, -0.25) is 9.36 Å². The molecule has 0 aliphatic carbocycles. The lowest BCUT2D eigenvalue weighted by molar-refractivity contribution is -0.173. The largest absolute Gasteiger partial charge is 0.471 e. The Morgan fingerprint density at radius 2 is 2.20 bits per heavy atom. The number of alkyl halides is 3. The lowest BCUT2D eigenvalue weighted by Gasteiger charge is -2.15. The Kier molecular flexibility index (Phi) is 7.70. The number of aliphatic hydroxyl groups excluding tert-OH is 2. The van der Waals surface area contributed by atoms with Gasteiger partial charge in [0.25, 0.3) is 0 Å². The van der Waals surface area contributed by atoms with Crippen molar-refractivity contribution >= 4 is 24.1 Å². The van der Waals surface area contributed by atoms with E-state index in [0.717, 1.165) is 4.57 Å². The number of hydrogen-bond acceptors (Lipinski definition) is 7. The van der Waals surface area contributed by atoms with Gasteiger partial charge in [0.1, 0.15) is 12.3 Å². The van der Waals surface area contributed by atoms with Crippen molar-refractivity contribution in [2.75, 3.05) is 27.2 Å². The summed E-state index contributed by atoms with van der Waals surface area (Å²) in [5.41, 5.74) is -0.460. The Morgan fingerprint density at radius 1 is 1.50 bits per heavy atom. The molecule has 0 radical (unpaired) electrons. The van der Waals surface area contributed by atoms with Gasteiger partial charge < -0.3 is 25.2 Å². The fraction of sp³-hybridized carbons (Fsp3) is 0.529. The maximum atomic E-state index is 12.4. The number of aliphatic imine (C=N–C) groups is 1. The van der Waals surface area contributed by atoms with Crippen LogP contribution in [-0.2, 0) is 9.53 Å². The summed E-state index contributed by atoms with van der Waals surface area (Å²) in [5.74, 6) is -2.08. The zero-order valence-corrected chi connectivity index (χ0v) is 16.2. The highest BCUT2D eigenvalue weighted by Gasteiger charge is 2.38. The predicted molar refractivity (Wildman–Crippen MR) is 100 cm³/mol. The first kappa shape index (κ1) is 23.5. The lowest BCUT2D eigenvalue weighted by atomic mass is 10.2. The van der Waals surface area contributed by atoms with E-state index < -0.39 is 49.4 Å². The van der Waals surface area contributed by atoms with Gasteiger partial charge in [-0.2, -0.15) is 18.2 Å². The summed E-state index contributed by atoms with van der Waals surface area (Å²) < 4.78 is 43.3. The Hall–Kier alpha value is -2.77. The monoisotopic (exact) mass is 433 g/mol. The van der Waals surface area contributed by atoms with Crippen LogP contribution in [0, 0.1) is 0 Å². The van der Waals surface area contributed by atoms with Crippen molar-refractivity contribution in [1.82, 2.24) is 19.8 Å². The van der Waals surface area contributed by atoms with E-state index in [-0.39, 0.29) is 17.8 Å². The second-order valence-corrected chi connectivity index (χ2v) is 6.64. The molecule has 0 saturated carbocycles. The summed E-state index contributed by atoms with van der Waals surface area (Å²) in [7, 11) is 3.38. The van der Waals surface area contributed by atoms with Gasteiger partial charge in [0.2, 0.25) is 0 Å². The standard InChI is InChI=1S/C17H22F3N5O5/c1-24(2)9-22-14-10(4-3-5-21-15(28)17(18,19)20)7-25(16(29)23-14)13-6-11(27)12(8-26)30-13/h3-4,7,9,11-13,26-27H,5-6,8H2,1-2H3,(H,21,28)/b4-3+,22-9?/t11-,12+,13+/m0/s1. The SMILES string of the molecule is CN(C)C=Nc1nc(=O)n([C@H]2C[C@H](O)[C@@H](CO)O2)cc1/C=C/CNC(=O)C(F)(F)F. The van der Waals surface area contributed by atoms with Crippen molar-refractivity contribution in [2.24, 2.45) is 4.99 Å². The third-order valence-corrected chi connectivity index (χ3v) is 4.00. The molecule has 0 unspecified atom stereocenters. The van der Waals surface area contributed by atoms with E-state index in [1.807, 2.05) is 0 Å².